The van der Waals surface area contributed by atoms with Gasteiger partial charge in [0.1, 0.15) is 13.2 Å². The van der Waals surface area contributed by atoms with Gasteiger partial charge in [0, 0.05) is 50.1 Å². The Bertz CT molecular complexity index is 1320. The van der Waals surface area contributed by atoms with Gasteiger partial charge >= 0.3 is 0 Å². The van der Waals surface area contributed by atoms with Crippen LogP contribution >= 0.6 is 0 Å². The highest BCUT2D eigenvalue weighted by Crippen LogP contribution is 2.40. The fourth-order valence-electron chi connectivity index (χ4n) is 5.32. The number of fused-ring (bicyclic) bond motifs is 1. The molecular formula is C25H28N4O6S. The second-order valence-electron chi connectivity index (χ2n) is 9.56. The van der Waals surface area contributed by atoms with Gasteiger partial charge in [-0.2, -0.15) is 9.29 Å². The summed E-state index contributed by atoms with van der Waals surface area (Å²) in [6.45, 7) is 2.34. The lowest BCUT2D eigenvalue weighted by atomic mass is 9.79. The summed E-state index contributed by atoms with van der Waals surface area (Å²) in [5, 5.41) is 4.10. The Morgan fingerprint density at radius 3 is 2.69 bits per heavy atom. The number of hydrogen-bond donors (Lipinski definition) is 0. The highest BCUT2D eigenvalue weighted by atomic mass is 32.2. The van der Waals surface area contributed by atoms with E-state index in [9.17, 15) is 8.42 Å². The van der Waals surface area contributed by atoms with Gasteiger partial charge in [0.25, 0.3) is 0 Å². The van der Waals surface area contributed by atoms with Crippen molar-refractivity contribution < 1.29 is 27.2 Å². The van der Waals surface area contributed by atoms with Crippen LogP contribution in [0.3, 0.4) is 0 Å². The van der Waals surface area contributed by atoms with E-state index in [-0.39, 0.29) is 10.5 Å². The molecule has 1 atom stereocenters. The molecule has 0 radical (unpaired) electrons. The quantitative estimate of drug-likeness (QED) is 0.508. The zero-order valence-corrected chi connectivity index (χ0v) is 20.7. The molecule has 0 aliphatic carbocycles. The van der Waals surface area contributed by atoms with Crippen molar-refractivity contribution in [3.8, 4) is 22.9 Å². The van der Waals surface area contributed by atoms with Crippen molar-refractivity contribution in [1.29, 1.82) is 0 Å². The van der Waals surface area contributed by atoms with Crippen LogP contribution < -0.4 is 9.47 Å². The highest BCUT2D eigenvalue weighted by Gasteiger charge is 2.43. The molecule has 190 valence electrons. The van der Waals surface area contributed by atoms with Crippen molar-refractivity contribution in [3.05, 3.63) is 48.6 Å². The number of ether oxygens (including phenoxy) is 3. The van der Waals surface area contributed by atoms with E-state index in [1.807, 2.05) is 12.1 Å². The summed E-state index contributed by atoms with van der Waals surface area (Å²) in [6, 6.07) is 8.56. The number of benzene rings is 1. The van der Waals surface area contributed by atoms with Gasteiger partial charge in [-0.3, -0.25) is 4.98 Å². The smallest absolute Gasteiger partial charge is 0.243 e. The molecule has 1 unspecified atom stereocenters. The molecule has 3 aliphatic rings. The van der Waals surface area contributed by atoms with Gasteiger partial charge < -0.3 is 18.7 Å². The first kappa shape index (κ1) is 23.4. The highest BCUT2D eigenvalue weighted by molar-refractivity contribution is 7.89. The van der Waals surface area contributed by atoms with Crippen LogP contribution in [0.2, 0.25) is 0 Å². The number of rotatable bonds is 5. The second-order valence-corrected chi connectivity index (χ2v) is 11.5. The van der Waals surface area contributed by atoms with Gasteiger partial charge in [-0.1, -0.05) is 5.16 Å². The minimum Gasteiger partial charge on any atom is -0.486 e. The molecule has 10 nitrogen and oxygen atoms in total. The average Bonchev–Trinajstić information content (AvgIpc) is 3.38. The molecule has 5 heterocycles. The Kier molecular flexibility index (Phi) is 6.14. The van der Waals surface area contributed by atoms with Crippen molar-refractivity contribution in [2.45, 2.75) is 42.6 Å². The van der Waals surface area contributed by atoms with Gasteiger partial charge in [0.15, 0.2) is 11.5 Å². The summed E-state index contributed by atoms with van der Waals surface area (Å²) < 4.78 is 51.1. The lowest BCUT2D eigenvalue weighted by molar-refractivity contribution is -0.121. The molecule has 1 spiro atoms. The molecular weight excluding hydrogens is 484 g/mol. The minimum atomic E-state index is -3.63. The van der Waals surface area contributed by atoms with Gasteiger partial charge in [-0.15, -0.1) is 0 Å². The van der Waals surface area contributed by atoms with Gasteiger partial charge in [-0.05, 0) is 55.9 Å². The third kappa shape index (κ3) is 4.58. The summed E-state index contributed by atoms with van der Waals surface area (Å²) in [6.07, 6.45) is 7.15. The molecule has 3 aromatic rings. The Labute approximate surface area is 209 Å². The topological polar surface area (TPSA) is 117 Å². The van der Waals surface area contributed by atoms with E-state index in [0.29, 0.717) is 81.3 Å². The number of nitrogens with zero attached hydrogens (tertiary/aromatic N) is 4. The Morgan fingerprint density at radius 2 is 1.89 bits per heavy atom. The van der Waals surface area contributed by atoms with Crippen LogP contribution in [0.15, 0.2) is 52.1 Å². The van der Waals surface area contributed by atoms with E-state index >= 15 is 0 Å². The third-order valence-electron chi connectivity index (χ3n) is 7.23. The molecule has 6 rings (SSSR count). The first-order chi connectivity index (χ1) is 17.5. The predicted molar refractivity (Wildman–Crippen MR) is 128 cm³/mol. The first-order valence-electron chi connectivity index (χ1n) is 12.3. The fraction of sp³-hybridized carbons (Fsp3) is 0.480. The second kappa shape index (κ2) is 9.45. The number of pyridine rings is 1. The lowest BCUT2D eigenvalue weighted by Crippen LogP contribution is -2.50. The van der Waals surface area contributed by atoms with Crippen LogP contribution in [-0.2, 0) is 21.2 Å². The van der Waals surface area contributed by atoms with Gasteiger partial charge in [0.05, 0.1) is 10.5 Å². The van der Waals surface area contributed by atoms with Crippen molar-refractivity contribution >= 4 is 10.0 Å². The van der Waals surface area contributed by atoms with Crippen LogP contribution in [0.5, 0.6) is 11.5 Å². The molecule has 0 amide bonds. The summed E-state index contributed by atoms with van der Waals surface area (Å²) >= 11 is 0. The van der Waals surface area contributed by atoms with Crippen molar-refractivity contribution in [1.82, 2.24) is 19.4 Å². The number of sulfonamides is 1. The lowest BCUT2D eigenvalue weighted by Gasteiger charge is -2.45. The maximum Gasteiger partial charge on any atom is 0.243 e. The van der Waals surface area contributed by atoms with Crippen LogP contribution in [-0.4, -0.2) is 66.4 Å². The molecule has 0 saturated carbocycles. The van der Waals surface area contributed by atoms with E-state index < -0.39 is 10.0 Å². The van der Waals surface area contributed by atoms with Crippen molar-refractivity contribution in [3.63, 3.8) is 0 Å². The Morgan fingerprint density at radius 1 is 1.06 bits per heavy atom. The molecule has 1 aromatic carbocycles. The SMILES string of the molecule is O=S(=O)(c1ccc2c(c1)OCCO2)N1CCC2(CC1)CC(Cc1nc(-c3cccnc3)no1)CCO2. The predicted octanol–water partition coefficient (Wildman–Crippen LogP) is 3.10. The average molecular weight is 513 g/mol. The van der Waals surface area contributed by atoms with E-state index in [1.54, 1.807) is 34.9 Å². The molecule has 0 bridgehead atoms. The van der Waals surface area contributed by atoms with Gasteiger partial charge in [0.2, 0.25) is 21.7 Å². The number of aromatic nitrogens is 3. The third-order valence-corrected chi connectivity index (χ3v) is 9.13. The monoisotopic (exact) mass is 512 g/mol. The van der Waals surface area contributed by atoms with E-state index in [4.69, 9.17) is 18.7 Å². The summed E-state index contributed by atoms with van der Waals surface area (Å²) in [4.78, 5) is 8.89. The van der Waals surface area contributed by atoms with E-state index in [0.717, 1.165) is 18.4 Å². The van der Waals surface area contributed by atoms with Crippen LogP contribution in [0, 0.1) is 5.92 Å². The zero-order valence-electron chi connectivity index (χ0n) is 19.8. The zero-order chi connectivity index (χ0) is 24.6. The van der Waals surface area contributed by atoms with Crippen LogP contribution in [0.4, 0.5) is 0 Å². The number of piperidine rings is 1. The first-order valence-corrected chi connectivity index (χ1v) is 13.7. The van der Waals surface area contributed by atoms with Gasteiger partial charge in [-0.25, -0.2) is 8.42 Å². The number of hydrogen-bond acceptors (Lipinski definition) is 9. The van der Waals surface area contributed by atoms with E-state index in [2.05, 4.69) is 15.1 Å². The Hall–Kier alpha value is -3.02. The maximum absolute atomic E-state index is 13.3. The molecule has 2 fully saturated rings. The molecule has 3 aliphatic heterocycles. The standard InChI is InChI=1S/C25H28N4O6S/c30-36(31,20-3-4-21-22(15-20)33-13-12-32-21)29-9-6-25(7-10-29)16-18(5-11-34-25)14-23-27-24(28-35-23)19-2-1-8-26-17-19/h1-4,8,15,17-18H,5-7,9-14,16H2. The summed E-state index contributed by atoms with van der Waals surface area (Å²) in [5.41, 5.74) is 0.496. The largest absolute Gasteiger partial charge is 0.486 e. The molecule has 36 heavy (non-hydrogen) atoms. The maximum atomic E-state index is 13.3. The molecule has 0 N–H and O–H groups in total. The van der Waals surface area contributed by atoms with Crippen LogP contribution in [0.25, 0.3) is 11.4 Å². The molecule has 2 saturated heterocycles. The normalized spacial score (nSPS) is 21.9. The van der Waals surface area contributed by atoms with E-state index in [1.165, 1.54) is 0 Å². The van der Waals surface area contributed by atoms with Crippen LogP contribution in [0.1, 0.15) is 31.6 Å². The fourth-order valence-corrected chi connectivity index (χ4v) is 6.77. The Balaban J connectivity index is 1.09. The summed E-state index contributed by atoms with van der Waals surface area (Å²) in [7, 11) is -3.63. The van der Waals surface area contributed by atoms with Crippen molar-refractivity contribution in [2.75, 3.05) is 32.9 Å². The summed E-state index contributed by atoms with van der Waals surface area (Å²) in [5.74, 6) is 2.53. The van der Waals surface area contributed by atoms with Crippen molar-refractivity contribution in [2.24, 2.45) is 5.92 Å². The minimum absolute atomic E-state index is 0.228. The molecule has 2 aromatic heterocycles. The molecule has 11 heteroatoms.